The Labute approximate surface area is 129 Å². The third-order valence-corrected chi connectivity index (χ3v) is 3.62. The summed E-state index contributed by atoms with van der Waals surface area (Å²) in [6, 6.07) is 19.5. The van der Waals surface area contributed by atoms with Crippen molar-refractivity contribution in [2.45, 2.75) is 6.42 Å². The fraction of sp³-hybridized carbons (Fsp3) is 0.105. The summed E-state index contributed by atoms with van der Waals surface area (Å²) < 4.78 is 5.16. The fourth-order valence-electron chi connectivity index (χ4n) is 2.42. The Morgan fingerprint density at radius 2 is 1.68 bits per heavy atom. The maximum absolute atomic E-state index is 10.5. The Bertz CT molecular complexity index is 752. The van der Waals surface area contributed by atoms with E-state index in [0.717, 1.165) is 22.4 Å². The summed E-state index contributed by atoms with van der Waals surface area (Å²) in [6.45, 7) is 0. The quantitative estimate of drug-likeness (QED) is 0.788. The molecule has 0 spiro atoms. The zero-order chi connectivity index (χ0) is 15.4. The second-order valence-electron chi connectivity index (χ2n) is 5.04. The first kappa shape index (κ1) is 14.1. The molecule has 110 valence electrons. The molecule has 0 radical (unpaired) electrons. The summed E-state index contributed by atoms with van der Waals surface area (Å²) in [6.07, 6.45) is 2.34. The van der Waals surface area contributed by atoms with E-state index in [9.17, 15) is 5.11 Å². The van der Waals surface area contributed by atoms with E-state index in [0.29, 0.717) is 12.1 Å². The number of methoxy groups -OCH3 is 1. The largest absolute Gasteiger partial charge is 0.505 e. The molecule has 0 aliphatic heterocycles. The molecule has 3 heteroatoms. The molecular weight excluding hydrogens is 274 g/mol. The summed E-state index contributed by atoms with van der Waals surface area (Å²) >= 11 is 0. The van der Waals surface area contributed by atoms with Crippen molar-refractivity contribution in [1.82, 2.24) is 4.98 Å². The molecule has 0 saturated heterocycles. The minimum Gasteiger partial charge on any atom is -0.505 e. The van der Waals surface area contributed by atoms with Crippen molar-refractivity contribution in [2.75, 3.05) is 7.11 Å². The monoisotopic (exact) mass is 291 g/mol. The van der Waals surface area contributed by atoms with Gasteiger partial charge in [-0.15, -0.1) is 0 Å². The van der Waals surface area contributed by atoms with Crippen LogP contribution in [0, 0.1) is 0 Å². The highest BCUT2D eigenvalue weighted by atomic mass is 16.5. The van der Waals surface area contributed by atoms with E-state index in [1.807, 2.05) is 60.7 Å². The van der Waals surface area contributed by atoms with Crippen LogP contribution in [0.2, 0.25) is 0 Å². The number of pyridine rings is 1. The molecule has 2 aromatic carbocycles. The molecule has 3 aromatic rings. The highest BCUT2D eigenvalue weighted by molar-refractivity contribution is 5.71. The molecule has 0 amide bonds. The van der Waals surface area contributed by atoms with Crippen LogP contribution in [0.25, 0.3) is 11.1 Å². The highest BCUT2D eigenvalue weighted by Crippen LogP contribution is 2.32. The van der Waals surface area contributed by atoms with E-state index < -0.39 is 0 Å². The number of hydrogen-bond acceptors (Lipinski definition) is 3. The second kappa shape index (κ2) is 6.31. The maximum Gasteiger partial charge on any atom is 0.145 e. The second-order valence-corrected chi connectivity index (χ2v) is 5.04. The number of nitrogens with zero attached hydrogens (tertiary/aromatic N) is 1. The van der Waals surface area contributed by atoms with Crippen LogP contribution in [0.15, 0.2) is 66.9 Å². The lowest BCUT2D eigenvalue weighted by molar-refractivity contribution is 0.415. The molecule has 1 heterocycles. The molecule has 1 N–H and O–H groups in total. The van der Waals surface area contributed by atoms with Crippen LogP contribution in [-0.4, -0.2) is 17.2 Å². The van der Waals surface area contributed by atoms with Gasteiger partial charge in [-0.25, -0.2) is 0 Å². The van der Waals surface area contributed by atoms with Crippen LogP contribution < -0.4 is 4.74 Å². The van der Waals surface area contributed by atoms with Crippen LogP contribution in [-0.2, 0) is 6.42 Å². The number of hydrogen-bond donors (Lipinski definition) is 1. The van der Waals surface area contributed by atoms with Crippen molar-refractivity contribution in [3.8, 4) is 22.6 Å². The van der Waals surface area contributed by atoms with Gasteiger partial charge in [0.15, 0.2) is 0 Å². The van der Waals surface area contributed by atoms with Gasteiger partial charge in [0.1, 0.15) is 11.5 Å². The van der Waals surface area contributed by atoms with Crippen LogP contribution in [0.1, 0.15) is 11.3 Å². The van der Waals surface area contributed by atoms with Gasteiger partial charge in [0.05, 0.1) is 12.8 Å². The lowest BCUT2D eigenvalue weighted by Crippen LogP contribution is -1.94. The Balaban J connectivity index is 1.94. The van der Waals surface area contributed by atoms with Gasteiger partial charge >= 0.3 is 0 Å². The van der Waals surface area contributed by atoms with Crippen molar-refractivity contribution in [3.05, 3.63) is 78.1 Å². The molecule has 0 unspecified atom stereocenters. The molecule has 0 aliphatic carbocycles. The predicted molar refractivity (Wildman–Crippen MR) is 87.1 cm³/mol. The number of benzene rings is 2. The topological polar surface area (TPSA) is 42.4 Å². The first-order valence-corrected chi connectivity index (χ1v) is 7.13. The molecule has 22 heavy (non-hydrogen) atoms. The first-order valence-electron chi connectivity index (χ1n) is 7.13. The van der Waals surface area contributed by atoms with Gasteiger partial charge in [-0.2, -0.15) is 0 Å². The lowest BCUT2D eigenvalue weighted by Gasteiger charge is -2.10. The van der Waals surface area contributed by atoms with Gasteiger partial charge in [0.2, 0.25) is 0 Å². The molecule has 3 rings (SSSR count). The van der Waals surface area contributed by atoms with E-state index in [-0.39, 0.29) is 5.75 Å². The van der Waals surface area contributed by atoms with Crippen LogP contribution >= 0.6 is 0 Å². The van der Waals surface area contributed by atoms with E-state index in [2.05, 4.69) is 4.98 Å². The number of aromatic hydroxyl groups is 1. The van der Waals surface area contributed by atoms with E-state index in [1.165, 1.54) is 0 Å². The van der Waals surface area contributed by atoms with Crippen molar-refractivity contribution < 1.29 is 9.84 Å². The summed E-state index contributed by atoms with van der Waals surface area (Å²) in [4.78, 5) is 4.32. The van der Waals surface area contributed by atoms with Crippen molar-refractivity contribution in [1.29, 1.82) is 0 Å². The Hall–Kier alpha value is -2.81. The van der Waals surface area contributed by atoms with Gasteiger partial charge in [0, 0.05) is 18.2 Å². The molecule has 0 fully saturated rings. The van der Waals surface area contributed by atoms with Crippen LogP contribution in [0.4, 0.5) is 0 Å². The Morgan fingerprint density at radius 3 is 2.36 bits per heavy atom. The molecular formula is C19H17NO2. The molecule has 0 atom stereocenters. The zero-order valence-corrected chi connectivity index (χ0v) is 12.4. The van der Waals surface area contributed by atoms with Crippen LogP contribution in [0.3, 0.4) is 0 Å². The fourth-order valence-corrected chi connectivity index (χ4v) is 2.42. The summed E-state index contributed by atoms with van der Waals surface area (Å²) in [5, 5.41) is 10.5. The molecule has 3 nitrogen and oxygen atoms in total. The number of aromatic nitrogens is 1. The van der Waals surface area contributed by atoms with Crippen molar-refractivity contribution in [2.24, 2.45) is 0 Å². The predicted octanol–water partition coefficient (Wildman–Crippen LogP) is 4.05. The van der Waals surface area contributed by atoms with Gasteiger partial charge in [0.25, 0.3) is 0 Å². The Morgan fingerprint density at radius 1 is 0.955 bits per heavy atom. The summed E-state index contributed by atoms with van der Waals surface area (Å²) in [5.41, 5.74) is 3.52. The van der Waals surface area contributed by atoms with Crippen molar-refractivity contribution >= 4 is 0 Å². The molecule has 0 bridgehead atoms. The lowest BCUT2D eigenvalue weighted by atomic mass is 10.0. The normalized spacial score (nSPS) is 10.4. The highest BCUT2D eigenvalue weighted by Gasteiger charge is 2.11. The molecule has 0 aliphatic rings. The molecule has 1 aromatic heterocycles. The van der Waals surface area contributed by atoms with Crippen LogP contribution in [0.5, 0.6) is 11.5 Å². The van der Waals surface area contributed by atoms with E-state index in [4.69, 9.17) is 4.74 Å². The SMILES string of the molecule is COc1ccc(-c2ccnc(Cc3ccccc3)c2O)cc1. The van der Waals surface area contributed by atoms with Gasteiger partial charge in [-0.05, 0) is 29.3 Å². The van der Waals surface area contributed by atoms with Crippen molar-refractivity contribution in [3.63, 3.8) is 0 Å². The Kier molecular flexibility index (Phi) is 4.05. The maximum atomic E-state index is 10.5. The third-order valence-electron chi connectivity index (χ3n) is 3.62. The minimum absolute atomic E-state index is 0.233. The van der Waals surface area contributed by atoms with Gasteiger partial charge in [-0.3, -0.25) is 4.98 Å². The smallest absolute Gasteiger partial charge is 0.145 e. The minimum atomic E-state index is 0.233. The van der Waals surface area contributed by atoms with Gasteiger partial charge < -0.3 is 9.84 Å². The molecule has 0 saturated carbocycles. The average Bonchev–Trinajstić information content (AvgIpc) is 2.58. The number of rotatable bonds is 4. The number of ether oxygens (including phenoxy) is 1. The van der Waals surface area contributed by atoms with Gasteiger partial charge in [-0.1, -0.05) is 42.5 Å². The average molecular weight is 291 g/mol. The summed E-state index contributed by atoms with van der Waals surface area (Å²) in [5.74, 6) is 1.03. The summed E-state index contributed by atoms with van der Waals surface area (Å²) in [7, 11) is 1.64. The zero-order valence-electron chi connectivity index (χ0n) is 12.4. The van der Waals surface area contributed by atoms with E-state index in [1.54, 1.807) is 13.3 Å². The standard InChI is InChI=1S/C19H17NO2/c1-22-16-9-7-15(8-10-16)17-11-12-20-18(19(17)21)13-14-5-3-2-4-6-14/h2-12,21H,13H2,1H3. The van der Waals surface area contributed by atoms with E-state index >= 15 is 0 Å². The first-order chi connectivity index (χ1) is 10.8. The third kappa shape index (κ3) is 2.93.